The normalized spacial score (nSPS) is 18.7. The molecule has 2 atom stereocenters. The number of nitrogens with one attached hydrogen (secondary N) is 1. The summed E-state index contributed by atoms with van der Waals surface area (Å²) in [5.41, 5.74) is 0.875. The van der Waals surface area contributed by atoms with Gasteiger partial charge in [0.15, 0.2) is 0 Å². The van der Waals surface area contributed by atoms with Gasteiger partial charge in [-0.2, -0.15) is 0 Å². The number of hydrogen-bond donors (Lipinski definition) is 2. The molecule has 1 aliphatic rings. The number of alkyl carbamates (subject to hydrolysis) is 1. The molecule has 0 saturated carbocycles. The van der Waals surface area contributed by atoms with E-state index in [9.17, 15) is 19.1 Å². The van der Waals surface area contributed by atoms with Crippen LogP contribution in [0.3, 0.4) is 0 Å². The van der Waals surface area contributed by atoms with Crippen LogP contribution in [0.1, 0.15) is 50.7 Å². The molecule has 1 amide bonds. The number of fused-ring (bicyclic) bond motifs is 1. The molecule has 5 nitrogen and oxygen atoms in total. The van der Waals surface area contributed by atoms with E-state index in [1.807, 2.05) is 0 Å². The van der Waals surface area contributed by atoms with Crippen molar-refractivity contribution < 1.29 is 23.8 Å². The Balaban J connectivity index is 2.23. The zero-order chi connectivity index (χ0) is 17.2. The maximum Gasteiger partial charge on any atom is 0.408 e. The van der Waals surface area contributed by atoms with Crippen molar-refractivity contribution in [1.82, 2.24) is 5.32 Å². The van der Waals surface area contributed by atoms with Crippen LogP contribution >= 0.6 is 0 Å². The largest absolute Gasteiger partial charge is 0.480 e. The van der Waals surface area contributed by atoms with Crippen LogP contribution in [-0.2, 0) is 16.0 Å². The second kappa shape index (κ2) is 6.56. The summed E-state index contributed by atoms with van der Waals surface area (Å²) < 4.78 is 18.5. The van der Waals surface area contributed by atoms with Crippen molar-refractivity contribution in [2.45, 2.75) is 57.6 Å². The van der Waals surface area contributed by atoms with E-state index in [0.29, 0.717) is 12.8 Å². The first kappa shape index (κ1) is 17.2. The van der Waals surface area contributed by atoms with Crippen LogP contribution in [-0.4, -0.2) is 28.8 Å². The Kier molecular flexibility index (Phi) is 4.92. The smallest absolute Gasteiger partial charge is 0.408 e. The van der Waals surface area contributed by atoms with Crippen LogP contribution in [0.4, 0.5) is 9.18 Å². The predicted octanol–water partition coefficient (Wildman–Crippen LogP) is 3.22. The van der Waals surface area contributed by atoms with Crippen molar-refractivity contribution in [3.8, 4) is 0 Å². The van der Waals surface area contributed by atoms with Gasteiger partial charge in [-0.25, -0.2) is 14.0 Å². The van der Waals surface area contributed by atoms with Crippen LogP contribution < -0.4 is 5.32 Å². The number of benzene rings is 1. The molecule has 0 heterocycles. The second-order valence-electron chi connectivity index (χ2n) is 6.80. The summed E-state index contributed by atoms with van der Waals surface area (Å²) in [5.74, 6) is -1.86. The summed E-state index contributed by atoms with van der Waals surface area (Å²) in [5, 5.41) is 12.0. The first-order valence-electron chi connectivity index (χ1n) is 7.68. The van der Waals surface area contributed by atoms with Crippen LogP contribution in [0, 0.1) is 5.82 Å². The molecule has 1 unspecified atom stereocenters. The van der Waals surface area contributed by atoms with Gasteiger partial charge in [-0.3, -0.25) is 0 Å². The van der Waals surface area contributed by atoms with Crippen molar-refractivity contribution >= 4 is 12.1 Å². The number of carboxylic acid groups (broad SMARTS) is 1. The monoisotopic (exact) mass is 323 g/mol. The number of carboxylic acids is 1. The van der Waals surface area contributed by atoms with Crippen LogP contribution in [0.2, 0.25) is 0 Å². The van der Waals surface area contributed by atoms with Gasteiger partial charge < -0.3 is 15.2 Å². The van der Waals surface area contributed by atoms with Gasteiger partial charge in [0, 0.05) is 5.92 Å². The minimum Gasteiger partial charge on any atom is -0.480 e. The van der Waals surface area contributed by atoms with Gasteiger partial charge in [-0.15, -0.1) is 0 Å². The average molecular weight is 323 g/mol. The predicted molar refractivity (Wildman–Crippen MR) is 82.9 cm³/mol. The number of aryl methyl sites for hydroxylation is 1. The quantitative estimate of drug-likeness (QED) is 0.895. The Labute approximate surface area is 134 Å². The molecule has 1 aromatic carbocycles. The molecular weight excluding hydrogens is 301 g/mol. The van der Waals surface area contributed by atoms with Crippen molar-refractivity contribution in [2.24, 2.45) is 0 Å². The van der Waals surface area contributed by atoms with E-state index in [-0.39, 0.29) is 5.82 Å². The standard InChI is InChI=1S/C17H22FNO4/c1-17(2,3)23-16(22)19-14(15(20)21)13-6-4-5-10-9-11(18)7-8-12(10)13/h7-9,13-14H,4-6H2,1-3H3,(H,19,22)(H,20,21)/t13-,14?/m0/s1. The minimum absolute atomic E-state index is 0.337. The lowest BCUT2D eigenvalue weighted by Gasteiger charge is -2.31. The lowest BCUT2D eigenvalue weighted by atomic mass is 9.78. The fraction of sp³-hybridized carbons (Fsp3) is 0.529. The number of aliphatic carboxylic acids is 1. The lowest BCUT2D eigenvalue weighted by Crippen LogP contribution is -2.47. The maximum atomic E-state index is 13.4. The van der Waals surface area contributed by atoms with Crippen molar-refractivity contribution in [3.05, 3.63) is 35.1 Å². The Morgan fingerprint density at radius 2 is 2.09 bits per heavy atom. The molecule has 0 aromatic heterocycles. The molecule has 23 heavy (non-hydrogen) atoms. The highest BCUT2D eigenvalue weighted by Crippen LogP contribution is 2.34. The molecule has 0 bridgehead atoms. The van der Waals surface area contributed by atoms with Crippen LogP contribution in [0.25, 0.3) is 0 Å². The summed E-state index contributed by atoms with van der Waals surface area (Å²) >= 11 is 0. The highest BCUT2D eigenvalue weighted by Gasteiger charge is 2.35. The molecule has 1 aliphatic carbocycles. The first-order valence-corrected chi connectivity index (χ1v) is 7.68. The fourth-order valence-corrected chi connectivity index (χ4v) is 2.94. The summed E-state index contributed by atoms with van der Waals surface area (Å²) in [6.07, 6.45) is 1.31. The fourth-order valence-electron chi connectivity index (χ4n) is 2.94. The Bertz CT molecular complexity index is 609. The lowest BCUT2D eigenvalue weighted by molar-refractivity contribution is -0.140. The number of hydrogen-bond acceptors (Lipinski definition) is 3. The Morgan fingerprint density at radius 3 is 2.70 bits per heavy atom. The molecule has 6 heteroatoms. The van der Waals surface area contributed by atoms with Gasteiger partial charge in [-0.05, 0) is 63.3 Å². The van der Waals surface area contributed by atoms with Gasteiger partial charge in [0.25, 0.3) is 0 Å². The molecule has 2 N–H and O–H groups in total. The molecule has 2 rings (SSSR count). The molecular formula is C17H22FNO4. The third kappa shape index (κ3) is 4.43. The topological polar surface area (TPSA) is 75.6 Å². The van der Waals surface area contributed by atoms with Gasteiger partial charge in [0.2, 0.25) is 0 Å². The van der Waals surface area contributed by atoms with E-state index < -0.39 is 29.6 Å². The van der Waals surface area contributed by atoms with E-state index in [0.717, 1.165) is 17.5 Å². The van der Waals surface area contributed by atoms with E-state index in [2.05, 4.69) is 5.32 Å². The highest BCUT2D eigenvalue weighted by molar-refractivity contribution is 5.81. The second-order valence-corrected chi connectivity index (χ2v) is 6.80. The molecule has 0 radical (unpaired) electrons. The molecule has 0 spiro atoms. The van der Waals surface area contributed by atoms with E-state index >= 15 is 0 Å². The van der Waals surface area contributed by atoms with Gasteiger partial charge in [0.05, 0.1) is 0 Å². The van der Waals surface area contributed by atoms with Crippen molar-refractivity contribution in [2.75, 3.05) is 0 Å². The zero-order valence-corrected chi connectivity index (χ0v) is 13.6. The van der Waals surface area contributed by atoms with Gasteiger partial charge >= 0.3 is 12.1 Å². The van der Waals surface area contributed by atoms with Crippen molar-refractivity contribution in [3.63, 3.8) is 0 Å². The number of carbonyl (C=O) groups excluding carboxylic acids is 1. The maximum absolute atomic E-state index is 13.4. The average Bonchev–Trinajstić information content (AvgIpc) is 2.41. The minimum atomic E-state index is -1.13. The summed E-state index contributed by atoms with van der Waals surface area (Å²) in [7, 11) is 0. The summed E-state index contributed by atoms with van der Waals surface area (Å²) in [6, 6.07) is 3.27. The van der Waals surface area contributed by atoms with Gasteiger partial charge in [0.1, 0.15) is 17.5 Å². The molecule has 0 aliphatic heterocycles. The Morgan fingerprint density at radius 1 is 1.39 bits per heavy atom. The third-order valence-corrected chi connectivity index (χ3v) is 3.81. The number of ether oxygens (including phenoxy) is 1. The van der Waals surface area contributed by atoms with Gasteiger partial charge in [-0.1, -0.05) is 6.07 Å². The molecule has 126 valence electrons. The Hall–Kier alpha value is -2.11. The number of carbonyl (C=O) groups is 2. The first-order chi connectivity index (χ1) is 10.7. The summed E-state index contributed by atoms with van der Waals surface area (Å²) in [4.78, 5) is 23.6. The third-order valence-electron chi connectivity index (χ3n) is 3.81. The number of rotatable bonds is 3. The van der Waals surface area contributed by atoms with E-state index in [1.165, 1.54) is 12.1 Å². The number of amides is 1. The molecule has 0 fully saturated rings. The zero-order valence-electron chi connectivity index (χ0n) is 13.6. The van der Waals surface area contributed by atoms with E-state index in [4.69, 9.17) is 4.74 Å². The van der Waals surface area contributed by atoms with Crippen molar-refractivity contribution in [1.29, 1.82) is 0 Å². The molecule has 1 aromatic rings. The number of halogens is 1. The van der Waals surface area contributed by atoms with E-state index in [1.54, 1.807) is 26.8 Å². The molecule has 0 saturated heterocycles. The van der Waals surface area contributed by atoms with Crippen LogP contribution in [0.5, 0.6) is 0 Å². The SMILES string of the molecule is CC(C)(C)OC(=O)NC(C(=O)O)[C@H]1CCCc2cc(F)ccc21. The van der Waals surface area contributed by atoms with Crippen LogP contribution in [0.15, 0.2) is 18.2 Å². The summed E-state index contributed by atoms with van der Waals surface area (Å²) in [6.45, 7) is 5.13. The highest BCUT2D eigenvalue weighted by atomic mass is 19.1.